The van der Waals surface area contributed by atoms with E-state index in [0.717, 1.165) is 18.5 Å². The predicted molar refractivity (Wildman–Crippen MR) is 129 cm³/mol. The number of carbonyl (C=O) groups is 2. The van der Waals surface area contributed by atoms with Crippen molar-refractivity contribution in [2.24, 2.45) is 0 Å². The Kier molecular flexibility index (Phi) is 5.73. The number of rotatable bonds is 8. The van der Waals surface area contributed by atoms with Crippen molar-refractivity contribution in [3.63, 3.8) is 0 Å². The van der Waals surface area contributed by atoms with Gasteiger partial charge in [-0.25, -0.2) is 0 Å². The van der Waals surface area contributed by atoms with Crippen LogP contribution < -0.4 is 10.3 Å². The quantitative estimate of drug-likeness (QED) is 0.474. The summed E-state index contributed by atoms with van der Waals surface area (Å²) >= 11 is 0. The van der Waals surface area contributed by atoms with Crippen molar-refractivity contribution in [1.82, 2.24) is 4.90 Å². The molecule has 5 rings (SSSR count). The Morgan fingerprint density at radius 3 is 2.50 bits per heavy atom. The first kappa shape index (κ1) is 22.3. The maximum absolute atomic E-state index is 14.3. The second kappa shape index (κ2) is 8.72. The third-order valence-corrected chi connectivity index (χ3v) is 6.75. The number of anilines is 1. The summed E-state index contributed by atoms with van der Waals surface area (Å²) in [4.78, 5) is 45.2. The zero-order valence-corrected chi connectivity index (χ0v) is 19.5. The first-order valence-corrected chi connectivity index (χ1v) is 11.9. The number of nitrogens with zero attached hydrogens (tertiary/aromatic N) is 2. The number of unbranched alkanes of at least 4 members (excludes halogenated alkanes) is 1. The van der Waals surface area contributed by atoms with E-state index in [-0.39, 0.29) is 29.2 Å². The third-order valence-electron chi connectivity index (χ3n) is 6.75. The minimum Gasteiger partial charge on any atom is -0.450 e. The third kappa shape index (κ3) is 3.03. The number of fused-ring (bicyclic) bond motifs is 5. The van der Waals surface area contributed by atoms with Crippen LogP contribution in [0.3, 0.4) is 0 Å². The van der Waals surface area contributed by atoms with Crippen LogP contribution in [0.25, 0.3) is 11.0 Å². The summed E-state index contributed by atoms with van der Waals surface area (Å²) in [5, 5.41) is 0.363. The van der Waals surface area contributed by atoms with E-state index in [4.69, 9.17) is 9.15 Å². The van der Waals surface area contributed by atoms with E-state index >= 15 is 0 Å². The Bertz CT molecular complexity index is 1330. The summed E-state index contributed by atoms with van der Waals surface area (Å²) in [5.41, 5.74) is -0.00571. The average molecular weight is 461 g/mol. The van der Waals surface area contributed by atoms with E-state index in [1.54, 1.807) is 29.2 Å². The highest BCUT2D eigenvalue weighted by molar-refractivity contribution is 6.17. The molecule has 0 aliphatic carbocycles. The van der Waals surface area contributed by atoms with Gasteiger partial charge in [-0.1, -0.05) is 43.7 Å². The SMILES string of the molecule is CCCCN1C(=O)[C@@]2(c3ccccc31)c1c(oc3ccccc3c1=O)C(=O)N2CCCOCC. The van der Waals surface area contributed by atoms with Gasteiger partial charge in [-0.15, -0.1) is 0 Å². The molecule has 0 radical (unpaired) electrons. The number of para-hydroxylation sites is 2. The molecular weight excluding hydrogens is 432 g/mol. The normalized spacial score (nSPS) is 18.9. The topological polar surface area (TPSA) is 80.1 Å². The van der Waals surface area contributed by atoms with Gasteiger partial charge in [0.1, 0.15) is 5.58 Å². The minimum atomic E-state index is -1.53. The highest BCUT2D eigenvalue weighted by atomic mass is 16.5. The van der Waals surface area contributed by atoms with Gasteiger partial charge in [0.2, 0.25) is 5.76 Å². The first-order valence-electron chi connectivity index (χ1n) is 11.9. The van der Waals surface area contributed by atoms with Crippen LogP contribution >= 0.6 is 0 Å². The molecule has 2 aliphatic heterocycles. The van der Waals surface area contributed by atoms with Crippen molar-refractivity contribution in [2.45, 2.75) is 38.6 Å². The van der Waals surface area contributed by atoms with Crippen LogP contribution in [0.1, 0.15) is 54.8 Å². The fraction of sp³-hybridized carbons (Fsp3) is 0.370. The largest absolute Gasteiger partial charge is 0.450 e. The molecule has 0 unspecified atom stereocenters. The molecule has 2 aliphatic rings. The molecule has 1 spiro atoms. The molecule has 3 heterocycles. The lowest BCUT2D eigenvalue weighted by atomic mass is 9.84. The van der Waals surface area contributed by atoms with Crippen molar-refractivity contribution < 1.29 is 18.7 Å². The summed E-state index contributed by atoms with van der Waals surface area (Å²) in [6, 6.07) is 14.3. The van der Waals surface area contributed by atoms with Gasteiger partial charge in [-0.05, 0) is 38.0 Å². The van der Waals surface area contributed by atoms with Crippen molar-refractivity contribution >= 4 is 28.5 Å². The number of benzene rings is 2. The summed E-state index contributed by atoms with van der Waals surface area (Å²) in [7, 11) is 0. The zero-order valence-electron chi connectivity index (χ0n) is 19.5. The highest BCUT2D eigenvalue weighted by Gasteiger charge is 2.64. The van der Waals surface area contributed by atoms with Crippen LogP contribution in [0.4, 0.5) is 5.69 Å². The molecule has 7 heteroatoms. The van der Waals surface area contributed by atoms with E-state index in [0.29, 0.717) is 42.7 Å². The summed E-state index contributed by atoms with van der Waals surface area (Å²) < 4.78 is 11.5. The fourth-order valence-electron chi connectivity index (χ4n) is 5.24. The number of carbonyl (C=O) groups excluding carboxylic acids is 2. The lowest BCUT2D eigenvalue weighted by Crippen LogP contribution is -2.53. The molecule has 0 bridgehead atoms. The Morgan fingerprint density at radius 2 is 1.71 bits per heavy atom. The molecule has 2 amide bonds. The van der Waals surface area contributed by atoms with E-state index in [9.17, 15) is 14.4 Å². The Balaban J connectivity index is 1.78. The molecule has 0 saturated heterocycles. The fourth-order valence-corrected chi connectivity index (χ4v) is 5.24. The molecule has 7 nitrogen and oxygen atoms in total. The molecule has 0 N–H and O–H groups in total. The van der Waals surface area contributed by atoms with Crippen molar-refractivity contribution in [3.05, 3.63) is 75.6 Å². The van der Waals surface area contributed by atoms with E-state index in [2.05, 4.69) is 6.92 Å². The molecule has 0 fully saturated rings. The van der Waals surface area contributed by atoms with E-state index < -0.39 is 11.4 Å². The first-order chi connectivity index (χ1) is 16.6. The van der Waals surface area contributed by atoms with Crippen LogP contribution in [0.5, 0.6) is 0 Å². The van der Waals surface area contributed by atoms with Gasteiger partial charge in [-0.2, -0.15) is 0 Å². The van der Waals surface area contributed by atoms with Gasteiger partial charge < -0.3 is 19.0 Å². The van der Waals surface area contributed by atoms with Crippen molar-refractivity contribution in [2.75, 3.05) is 31.2 Å². The lowest BCUT2D eigenvalue weighted by Gasteiger charge is -2.34. The van der Waals surface area contributed by atoms with Crippen molar-refractivity contribution in [1.29, 1.82) is 0 Å². The predicted octanol–water partition coefficient (Wildman–Crippen LogP) is 4.07. The van der Waals surface area contributed by atoms with Gasteiger partial charge >= 0.3 is 0 Å². The van der Waals surface area contributed by atoms with E-state index in [1.165, 1.54) is 4.90 Å². The summed E-state index contributed by atoms with van der Waals surface area (Å²) in [6.45, 7) is 5.78. The van der Waals surface area contributed by atoms with Crippen LogP contribution in [0.2, 0.25) is 0 Å². The molecule has 1 atom stereocenters. The van der Waals surface area contributed by atoms with Crippen LogP contribution in [0.15, 0.2) is 57.7 Å². The number of hydrogen-bond acceptors (Lipinski definition) is 5. The van der Waals surface area contributed by atoms with Crippen LogP contribution in [-0.4, -0.2) is 43.0 Å². The van der Waals surface area contributed by atoms with Gasteiger partial charge in [0, 0.05) is 31.9 Å². The average Bonchev–Trinajstić information content (AvgIpc) is 3.25. The maximum atomic E-state index is 14.3. The Hall–Kier alpha value is -3.45. The molecular formula is C27H28N2O5. The maximum Gasteiger partial charge on any atom is 0.291 e. The second-order valence-electron chi connectivity index (χ2n) is 8.68. The summed E-state index contributed by atoms with van der Waals surface area (Å²) in [5.74, 6) is -0.747. The molecule has 2 aromatic carbocycles. The monoisotopic (exact) mass is 460 g/mol. The molecule has 3 aromatic rings. The van der Waals surface area contributed by atoms with Gasteiger partial charge in [0.05, 0.1) is 16.6 Å². The minimum absolute atomic E-state index is 0.0411. The Morgan fingerprint density at radius 1 is 0.941 bits per heavy atom. The number of ether oxygens (including phenoxy) is 1. The van der Waals surface area contributed by atoms with Gasteiger partial charge in [0.15, 0.2) is 11.0 Å². The molecule has 176 valence electrons. The lowest BCUT2D eigenvalue weighted by molar-refractivity contribution is -0.126. The molecule has 34 heavy (non-hydrogen) atoms. The number of amides is 2. The second-order valence-corrected chi connectivity index (χ2v) is 8.68. The summed E-state index contributed by atoms with van der Waals surface area (Å²) in [6.07, 6.45) is 2.26. The molecule has 1 aromatic heterocycles. The highest BCUT2D eigenvalue weighted by Crippen LogP contribution is 2.52. The smallest absolute Gasteiger partial charge is 0.291 e. The van der Waals surface area contributed by atoms with Crippen LogP contribution in [0, 0.1) is 0 Å². The van der Waals surface area contributed by atoms with E-state index in [1.807, 2.05) is 31.2 Å². The molecule has 0 saturated carbocycles. The van der Waals surface area contributed by atoms with Crippen molar-refractivity contribution in [3.8, 4) is 0 Å². The van der Waals surface area contributed by atoms with Gasteiger partial charge in [0.25, 0.3) is 11.8 Å². The van der Waals surface area contributed by atoms with Gasteiger partial charge in [-0.3, -0.25) is 14.4 Å². The Labute approximate surface area is 197 Å². The number of hydrogen-bond donors (Lipinski definition) is 0. The standard InChI is InChI=1S/C27H28N2O5/c1-3-5-15-28-20-13-8-7-12-19(20)27(26(28)32)22-23(30)18-11-6-9-14-21(18)34-24(22)25(31)29(27)16-10-17-33-4-2/h6-9,11-14H,3-5,10,15-17H2,1-2H3/t27-/m1/s1. The van der Waals surface area contributed by atoms with Crippen LogP contribution in [-0.2, 0) is 15.1 Å². The zero-order chi connectivity index (χ0) is 23.9.